The molecule has 0 aromatic heterocycles. The van der Waals surface area contributed by atoms with Gasteiger partial charge in [-0.1, -0.05) is 19.9 Å². The van der Waals surface area contributed by atoms with Crippen LogP contribution in [0.3, 0.4) is 0 Å². The number of hydrogen-bond donors (Lipinski definition) is 0. The van der Waals surface area contributed by atoms with Gasteiger partial charge in [0.15, 0.2) is 11.6 Å². The van der Waals surface area contributed by atoms with Crippen LogP contribution in [0.5, 0.6) is 0 Å². The molecule has 0 bridgehead atoms. The highest BCUT2D eigenvalue weighted by atomic mass is 16.2. The van der Waals surface area contributed by atoms with E-state index in [0.29, 0.717) is 12.8 Å². The van der Waals surface area contributed by atoms with Crippen LogP contribution in [0.1, 0.15) is 40.5 Å². The Hall–Kier alpha value is -1.25. The molecule has 0 saturated heterocycles. The van der Waals surface area contributed by atoms with E-state index in [4.69, 9.17) is 0 Å². The van der Waals surface area contributed by atoms with Gasteiger partial charge >= 0.3 is 0 Å². The van der Waals surface area contributed by atoms with Crippen molar-refractivity contribution < 1.29 is 14.4 Å². The second-order valence-electron chi connectivity index (χ2n) is 5.12. The predicted molar refractivity (Wildman–Crippen MR) is 61.0 cm³/mol. The highest BCUT2D eigenvalue weighted by molar-refractivity contribution is 6.11. The summed E-state index contributed by atoms with van der Waals surface area (Å²) in [5, 5.41) is 0. The normalized spacial score (nSPS) is 28.6. The SMILES string of the molecule is CC(=O)/C=C/C1(C(C)=O)C(=O)CCC1(C)C. The van der Waals surface area contributed by atoms with E-state index >= 15 is 0 Å². The Morgan fingerprint density at radius 3 is 2.12 bits per heavy atom. The fraction of sp³-hybridized carbons (Fsp3) is 0.615. The van der Waals surface area contributed by atoms with Crippen LogP contribution in [0, 0.1) is 10.8 Å². The van der Waals surface area contributed by atoms with Crippen molar-refractivity contribution in [2.75, 3.05) is 0 Å². The molecule has 0 aliphatic heterocycles. The molecule has 1 rings (SSSR count). The van der Waals surface area contributed by atoms with Gasteiger partial charge < -0.3 is 0 Å². The molecule has 16 heavy (non-hydrogen) atoms. The maximum atomic E-state index is 12.0. The second-order valence-corrected chi connectivity index (χ2v) is 5.12. The Labute approximate surface area is 95.9 Å². The first-order valence-electron chi connectivity index (χ1n) is 5.48. The van der Waals surface area contributed by atoms with Gasteiger partial charge in [0.1, 0.15) is 11.2 Å². The van der Waals surface area contributed by atoms with Crippen LogP contribution < -0.4 is 0 Å². The van der Waals surface area contributed by atoms with Gasteiger partial charge in [-0.2, -0.15) is 0 Å². The fourth-order valence-electron chi connectivity index (χ4n) is 2.55. The van der Waals surface area contributed by atoms with Crippen molar-refractivity contribution in [3.63, 3.8) is 0 Å². The van der Waals surface area contributed by atoms with Crippen molar-refractivity contribution in [1.82, 2.24) is 0 Å². The Bertz CT molecular complexity index is 377. The Morgan fingerprint density at radius 1 is 1.25 bits per heavy atom. The van der Waals surface area contributed by atoms with Gasteiger partial charge in [0, 0.05) is 6.42 Å². The van der Waals surface area contributed by atoms with Gasteiger partial charge in [-0.25, -0.2) is 0 Å². The summed E-state index contributed by atoms with van der Waals surface area (Å²) >= 11 is 0. The number of ketones is 3. The number of carbonyl (C=O) groups is 3. The number of Topliss-reactive ketones (excluding diaryl/α,β-unsaturated/α-hetero) is 2. The average molecular weight is 222 g/mol. The molecule has 1 unspecified atom stereocenters. The first kappa shape index (κ1) is 12.8. The zero-order valence-corrected chi connectivity index (χ0v) is 10.3. The Balaban J connectivity index is 3.29. The van der Waals surface area contributed by atoms with E-state index in [9.17, 15) is 14.4 Å². The van der Waals surface area contributed by atoms with E-state index in [-0.39, 0.29) is 17.3 Å². The van der Waals surface area contributed by atoms with Crippen LogP contribution in [-0.4, -0.2) is 17.3 Å². The second kappa shape index (κ2) is 3.96. The molecular formula is C13H18O3. The van der Waals surface area contributed by atoms with E-state index in [1.54, 1.807) is 0 Å². The third-order valence-corrected chi connectivity index (χ3v) is 3.61. The molecule has 0 amide bonds. The van der Waals surface area contributed by atoms with Gasteiger partial charge in [-0.05, 0) is 31.8 Å². The van der Waals surface area contributed by atoms with Crippen molar-refractivity contribution >= 4 is 17.3 Å². The smallest absolute Gasteiger partial charge is 0.152 e. The van der Waals surface area contributed by atoms with Crippen LogP contribution >= 0.6 is 0 Å². The molecule has 88 valence electrons. The van der Waals surface area contributed by atoms with Crippen molar-refractivity contribution in [1.29, 1.82) is 0 Å². The largest absolute Gasteiger partial charge is 0.299 e. The summed E-state index contributed by atoms with van der Waals surface area (Å²) in [6.45, 7) is 6.65. The molecule has 3 nitrogen and oxygen atoms in total. The first-order valence-corrected chi connectivity index (χ1v) is 5.48. The molecular weight excluding hydrogens is 204 g/mol. The molecule has 1 aliphatic carbocycles. The summed E-state index contributed by atoms with van der Waals surface area (Å²) in [4.78, 5) is 34.8. The van der Waals surface area contributed by atoms with Gasteiger partial charge in [0.25, 0.3) is 0 Å². The third-order valence-electron chi connectivity index (χ3n) is 3.61. The van der Waals surface area contributed by atoms with Crippen LogP contribution in [0.15, 0.2) is 12.2 Å². The topological polar surface area (TPSA) is 51.2 Å². The number of rotatable bonds is 3. The molecule has 0 aromatic rings. The maximum absolute atomic E-state index is 12.0. The third kappa shape index (κ3) is 1.75. The molecule has 0 N–H and O–H groups in total. The van der Waals surface area contributed by atoms with Crippen LogP contribution in [-0.2, 0) is 14.4 Å². The minimum atomic E-state index is -1.10. The van der Waals surface area contributed by atoms with Crippen molar-refractivity contribution in [2.24, 2.45) is 10.8 Å². The fourth-order valence-corrected chi connectivity index (χ4v) is 2.55. The summed E-state index contributed by atoms with van der Waals surface area (Å²) in [7, 11) is 0. The molecule has 1 atom stereocenters. The monoisotopic (exact) mass is 222 g/mol. The molecule has 0 aromatic carbocycles. The lowest BCUT2D eigenvalue weighted by Crippen LogP contribution is -2.42. The number of hydrogen-bond acceptors (Lipinski definition) is 3. The van der Waals surface area contributed by atoms with Crippen molar-refractivity contribution in [3.05, 3.63) is 12.2 Å². The van der Waals surface area contributed by atoms with Gasteiger partial charge in [0.2, 0.25) is 0 Å². The quantitative estimate of drug-likeness (QED) is 0.542. The van der Waals surface area contributed by atoms with Crippen LogP contribution in [0.25, 0.3) is 0 Å². The van der Waals surface area contributed by atoms with Gasteiger partial charge in [0.05, 0.1) is 0 Å². The van der Waals surface area contributed by atoms with Crippen LogP contribution in [0.2, 0.25) is 0 Å². The molecule has 0 spiro atoms. The summed E-state index contributed by atoms with van der Waals surface area (Å²) in [6.07, 6.45) is 3.95. The molecule has 0 radical (unpaired) electrons. The first-order chi connectivity index (χ1) is 7.24. The van der Waals surface area contributed by atoms with Crippen LogP contribution in [0.4, 0.5) is 0 Å². The molecule has 1 fully saturated rings. The minimum Gasteiger partial charge on any atom is -0.299 e. The molecule has 3 heteroatoms. The zero-order valence-electron chi connectivity index (χ0n) is 10.3. The molecule has 0 heterocycles. The summed E-state index contributed by atoms with van der Waals surface area (Å²) in [5.74, 6) is -0.379. The predicted octanol–water partition coefficient (Wildman–Crippen LogP) is 2.10. The lowest BCUT2D eigenvalue weighted by Gasteiger charge is -2.35. The van der Waals surface area contributed by atoms with E-state index in [1.165, 1.54) is 26.0 Å². The van der Waals surface area contributed by atoms with E-state index < -0.39 is 10.8 Å². The van der Waals surface area contributed by atoms with E-state index in [0.717, 1.165) is 0 Å². The number of carbonyl (C=O) groups excluding carboxylic acids is 3. The lowest BCUT2D eigenvalue weighted by atomic mass is 9.65. The van der Waals surface area contributed by atoms with Gasteiger partial charge in [-0.3, -0.25) is 14.4 Å². The van der Waals surface area contributed by atoms with Gasteiger partial charge in [-0.15, -0.1) is 0 Å². The number of allylic oxidation sites excluding steroid dienone is 2. The standard InChI is InChI=1S/C13H18O3/c1-9(14)5-8-13(10(2)15)11(16)6-7-12(13,3)4/h5,8H,6-7H2,1-4H3/b8-5+. The summed E-state index contributed by atoms with van der Waals surface area (Å²) < 4.78 is 0. The Kier molecular flexibility index (Phi) is 3.17. The highest BCUT2D eigenvalue weighted by Crippen LogP contribution is 2.51. The van der Waals surface area contributed by atoms with E-state index in [1.807, 2.05) is 13.8 Å². The molecule has 1 saturated carbocycles. The van der Waals surface area contributed by atoms with Crippen molar-refractivity contribution in [2.45, 2.75) is 40.5 Å². The molecule has 1 aliphatic rings. The van der Waals surface area contributed by atoms with Crippen molar-refractivity contribution in [3.8, 4) is 0 Å². The maximum Gasteiger partial charge on any atom is 0.152 e. The highest BCUT2D eigenvalue weighted by Gasteiger charge is 2.56. The van der Waals surface area contributed by atoms with E-state index in [2.05, 4.69) is 0 Å². The lowest BCUT2D eigenvalue weighted by molar-refractivity contribution is -0.138. The Morgan fingerprint density at radius 2 is 1.81 bits per heavy atom. The summed E-state index contributed by atoms with van der Waals surface area (Å²) in [5.41, 5.74) is -1.50. The zero-order chi connectivity index (χ0) is 12.6. The average Bonchev–Trinajstić information content (AvgIpc) is 2.36. The minimum absolute atomic E-state index is 0.0671. The summed E-state index contributed by atoms with van der Waals surface area (Å²) in [6, 6.07) is 0.